The summed E-state index contributed by atoms with van der Waals surface area (Å²) >= 11 is 0. The molecule has 1 aliphatic rings. The zero-order valence-corrected chi connectivity index (χ0v) is 30.5. The second-order valence-corrected chi connectivity index (χ2v) is 16.5. The summed E-state index contributed by atoms with van der Waals surface area (Å²) in [6.45, 7) is 0. The summed E-state index contributed by atoms with van der Waals surface area (Å²) in [4.78, 5) is 0. The molecular weight excluding hydrogens is 886 g/mol. The minimum atomic E-state index is -6.90. The number of fused-ring (bicyclic) bond motifs is 7. The standard InChI is InChI=1S/C37H17F15NO5PS/c38-33(39,40)19-9-11-23(27(15-19)35(44,45)46)25-13-17-5-1-3-7-21(17)29-30-22-8-4-2-6-18(22)14-26(24-12-10-20(34(41,42)43)16-28(24)36(47,48)49)32(30)58-59(54,57-31(25)29)53-60(55,56)37(50,51)52/h1-16H,(H,53,54). The zero-order chi connectivity index (χ0) is 44.2. The molecule has 0 saturated carbocycles. The van der Waals surface area contributed by atoms with Crippen molar-refractivity contribution in [1.82, 2.24) is 4.49 Å². The summed E-state index contributed by atoms with van der Waals surface area (Å²) in [5, 5.41) is -0.637. The van der Waals surface area contributed by atoms with E-state index in [0.717, 1.165) is 12.1 Å². The van der Waals surface area contributed by atoms with Crippen LogP contribution in [-0.2, 0) is 39.3 Å². The van der Waals surface area contributed by atoms with Crippen LogP contribution in [-0.4, -0.2) is 13.9 Å². The molecule has 0 radical (unpaired) electrons. The molecule has 23 heteroatoms. The molecule has 0 atom stereocenters. The van der Waals surface area contributed by atoms with Crippen molar-refractivity contribution in [2.75, 3.05) is 0 Å². The van der Waals surface area contributed by atoms with Gasteiger partial charge in [0.15, 0.2) is 0 Å². The van der Waals surface area contributed by atoms with Crippen molar-refractivity contribution in [2.24, 2.45) is 0 Å². The van der Waals surface area contributed by atoms with E-state index in [0.29, 0.717) is 16.6 Å². The monoisotopic (exact) mass is 903 g/mol. The molecule has 1 aliphatic heterocycles. The number of hydrogen-bond donors (Lipinski definition) is 1. The first-order valence-corrected chi connectivity index (χ1v) is 19.3. The van der Waals surface area contributed by atoms with Gasteiger partial charge < -0.3 is 9.05 Å². The van der Waals surface area contributed by atoms with E-state index in [9.17, 15) is 78.8 Å². The van der Waals surface area contributed by atoms with Gasteiger partial charge in [-0.3, -0.25) is 0 Å². The Kier molecular flexibility index (Phi) is 9.80. The van der Waals surface area contributed by atoms with Crippen molar-refractivity contribution >= 4 is 39.3 Å². The average Bonchev–Trinajstić information content (AvgIpc) is 3.25. The van der Waals surface area contributed by atoms with Gasteiger partial charge in [-0.15, -0.1) is 0 Å². The third-order valence-electron chi connectivity index (χ3n) is 9.10. The topological polar surface area (TPSA) is 81.7 Å². The van der Waals surface area contributed by atoms with E-state index in [1.165, 1.54) is 48.5 Å². The van der Waals surface area contributed by atoms with Crippen LogP contribution < -0.4 is 13.5 Å². The van der Waals surface area contributed by atoms with Crippen molar-refractivity contribution in [3.05, 3.63) is 119 Å². The van der Waals surface area contributed by atoms with Crippen LogP contribution >= 0.6 is 7.75 Å². The molecule has 0 unspecified atom stereocenters. The average molecular weight is 904 g/mol. The van der Waals surface area contributed by atoms with Crippen LogP contribution in [0.15, 0.2) is 97.1 Å². The molecule has 0 aromatic heterocycles. The van der Waals surface area contributed by atoms with Crippen LogP contribution in [0, 0.1) is 0 Å². The van der Waals surface area contributed by atoms with Crippen molar-refractivity contribution in [3.8, 4) is 44.9 Å². The van der Waals surface area contributed by atoms with Crippen LogP contribution in [0.25, 0.3) is 54.9 Å². The van der Waals surface area contributed by atoms with Gasteiger partial charge in [-0.1, -0.05) is 65.2 Å². The molecule has 316 valence electrons. The summed E-state index contributed by atoms with van der Waals surface area (Å²) in [5.41, 5.74) is -19.7. The van der Waals surface area contributed by atoms with Gasteiger partial charge in [-0.05, 0) is 69.1 Å². The van der Waals surface area contributed by atoms with Crippen molar-refractivity contribution in [2.45, 2.75) is 30.2 Å². The molecule has 0 saturated heterocycles. The van der Waals surface area contributed by atoms with Crippen LogP contribution in [0.3, 0.4) is 0 Å². The minimum absolute atomic E-state index is 0.124. The molecule has 0 bridgehead atoms. The minimum Gasteiger partial charge on any atom is -0.403 e. The van der Waals surface area contributed by atoms with Gasteiger partial charge >= 0.3 is 48.0 Å². The molecule has 7 rings (SSSR count). The third kappa shape index (κ3) is 7.59. The Morgan fingerprint density at radius 1 is 0.467 bits per heavy atom. The molecule has 1 N–H and O–H groups in total. The SMILES string of the molecule is O=P1(NS(=O)(=O)C(F)(F)F)Oc2c(-c3ccc(C(F)(F)F)cc3C(F)(F)F)cc3ccccc3c2-c2c(c(-c3ccc(C(F)(F)F)cc3C(F)(F)F)cc3ccccc23)O1. The summed E-state index contributed by atoms with van der Waals surface area (Å²) in [7, 11) is -13.4. The molecule has 60 heavy (non-hydrogen) atoms. The summed E-state index contributed by atoms with van der Waals surface area (Å²) < 4.78 is 263. The normalized spacial score (nSPS) is 14.9. The quantitative estimate of drug-likeness (QED) is 0.141. The second-order valence-electron chi connectivity index (χ2n) is 12.9. The third-order valence-corrected chi connectivity index (χ3v) is 12.4. The zero-order valence-electron chi connectivity index (χ0n) is 28.8. The predicted octanol–water partition coefficient (Wildman–Crippen LogP) is 13.4. The number of sulfonamides is 1. The Morgan fingerprint density at radius 3 is 1.17 bits per heavy atom. The Balaban J connectivity index is 1.72. The van der Waals surface area contributed by atoms with Gasteiger partial charge in [0.25, 0.3) is 0 Å². The first kappa shape index (κ1) is 42.6. The lowest BCUT2D eigenvalue weighted by Gasteiger charge is -2.23. The Bertz CT molecular complexity index is 2730. The van der Waals surface area contributed by atoms with Crippen LogP contribution in [0.5, 0.6) is 11.5 Å². The highest BCUT2D eigenvalue weighted by Crippen LogP contribution is 2.63. The van der Waals surface area contributed by atoms with E-state index in [4.69, 9.17) is 9.05 Å². The maximum absolute atomic E-state index is 14.7. The van der Waals surface area contributed by atoms with Gasteiger partial charge in [-0.25, -0.2) is 13.0 Å². The highest BCUT2D eigenvalue weighted by Gasteiger charge is 2.53. The van der Waals surface area contributed by atoms with Gasteiger partial charge in [0, 0.05) is 22.3 Å². The largest absolute Gasteiger partial charge is 0.526 e. The smallest absolute Gasteiger partial charge is 0.403 e. The lowest BCUT2D eigenvalue weighted by Crippen LogP contribution is -2.36. The van der Waals surface area contributed by atoms with Gasteiger partial charge in [0.2, 0.25) is 0 Å². The number of halogens is 15. The fourth-order valence-corrected chi connectivity index (χ4v) is 9.41. The predicted molar refractivity (Wildman–Crippen MR) is 185 cm³/mol. The molecular formula is C37H17F15NO5PS. The molecule has 0 amide bonds. The summed E-state index contributed by atoms with van der Waals surface area (Å²) in [6, 6.07) is 12.0. The molecule has 6 aromatic carbocycles. The fraction of sp³-hybridized carbons (Fsp3) is 0.135. The summed E-state index contributed by atoms with van der Waals surface area (Å²) in [5.74, 6) is -2.45. The van der Waals surface area contributed by atoms with E-state index in [2.05, 4.69) is 0 Å². The second kappa shape index (κ2) is 13.8. The molecule has 6 nitrogen and oxygen atoms in total. The molecule has 1 heterocycles. The Labute approximate surface area is 325 Å². The van der Waals surface area contributed by atoms with E-state index in [1.807, 2.05) is 0 Å². The van der Waals surface area contributed by atoms with Crippen molar-refractivity contribution in [3.63, 3.8) is 0 Å². The van der Waals surface area contributed by atoms with Crippen LogP contribution in [0.4, 0.5) is 65.9 Å². The maximum atomic E-state index is 14.7. The lowest BCUT2D eigenvalue weighted by molar-refractivity contribution is -0.144. The van der Waals surface area contributed by atoms with Gasteiger partial charge in [0.05, 0.1) is 22.3 Å². The highest BCUT2D eigenvalue weighted by atomic mass is 32.2. The first-order valence-electron chi connectivity index (χ1n) is 16.3. The van der Waals surface area contributed by atoms with Crippen LogP contribution in [0.1, 0.15) is 22.3 Å². The fourth-order valence-electron chi connectivity index (χ4n) is 6.62. The van der Waals surface area contributed by atoms with E-state index in [1.54, 1.807) is 0 Å². The Hall–Kier alpha value is -5.47. The van der Waals surface area contributed by atoms with Crippen molar-refractivity contribution < 1.29 is 87.9 Å². The van der Waals surface area contributed by atoms with Crippen LogP contribution in [0.2, 0.25) is 0 Å². The lowest BCUT2D eigenvalue weighted by atomic mass is 9.85. The van der Waals surface area contributed by atoms with Gasteiger partial charge in [-0.2, -0.15) is 65.9 Å². The number of benzene rings is 6. The van der Waals surface area contributed by atoms with Crippen molar-refractivity contribution in [1.29, 1.82) is 0 Å². The molecule has 0 fully saturated rings. The maximum Gasteiger partial charge on any atom is 0.526 e. The van der Waals surface area contributed by atoms with E-state index < -0.39 is 115 Å². The van der Waals surface area contributed by atoms with E-state index >= 15 is 0 Å². The number of hydrogen-bond acceptors (Lipinski definition) is 5. The highest BCUT2D eigenvalue weighted by molar-refractivity contribution is 7.95. The van der Waals surface area contributed by atoms with E-state index in [-0.39, 0.29) is 45.8 Å². The van der Waals surface area contributed by atoms with Gasteiger partial charge in [0.1, 0.15) is 11.5 Å². The first-order chi connectivity index (χ1) is 27.5. The molecule has 6 aromatic rings. The number of rotatable bonds is 4. The molecule has 0 aliphatic carbocycles. The summed E-state index contributed by atoms with van der Waals surface area (Å²) in [6.07, 6.45) is -22.0. The number of nitrogens with one attached hydrogen (secondary N) is 1. The Morgan fingerprint density at radius 2 is 0.833 bits per heavy atom. The molecule has 0 spiro atoms. The number of alkyl halides is 15.